The number of carbonyl (C=O) groups excluding carboxylic acids is 1. The van der Waals surface area contributed by atoms with Crippen molar-refractivity contribution in [1.82, 2.24) is 9.97 Å². The molecule has 2 aromatic heterocycles. The Balaban J connectivity index is 2.16. The molecular formula is C11H9N3O3. The zero-order valence-corrected chi connectivity index (χ0v) is 8.68. The van der Waals surface area contributed by atoms with Crippen LogP contribution < -0.4 is 5.32 Å². The quantitative estimate of drug-likeness (QED) is 0.743. The number of carbonyl (C=O) groups is 2. The van der Waals surface area contributed by atoms with Crippen molar-refractivity contribution >= 4 is 17.7 Å². The Bertz CT molecular complexity index is 549. The third-order valence-electron chi connectivity index (χ3n) is 2.11. The van der Waals surface area contributed by atoms with E-state index >= 15 is 0 Å². The van der Waals surface area contributed by atoms with Gasteiger partial charge in [0.2, 0.25) is 0 Å². The monoisotopic (exact) mass is 231 g/mol. The first-order chi connectivity index (χ1) is 8.16. The van der Waals surface area contributed by atoms with Crippen LogP contribution in [0.4, 0.5) is 5.82 Å². The standard InChI is InChI=1S/C11H9N3O3/c15-10(8-1-3-12-6-8)14-9-5-7(11(16)17)2-4-13-9/h1-6,12H,(H,16,17)(H,13,14,15). The van der Waals surface area contributed by atoms with Crippen LogP contribution in [0.2, 0.25) is 0 Å². The van der Waals surface area contributed by atoms with Gasteiger partial charge in [0.1, 0.15) is 5.82 Å². The molecule has 6 heteroatoms. The molecule has 0 atom stereocenters. The molecule has 0 radical (unpaired) electrons. The van der Waals surface area contributed by atoms with E-state index in [2.05, 4.69) is 15.3 Å². The second kappa shape index (κ2) is 4.48. The summed E-state index contributed by atoms with van der Waals surface area (Å²) in [5.74, 6) is -1.21. The van der Waals surface area contributed by atoms with E-state index in [1.54, 1.807) is 12.3 Å². The Labute approximate surface area is 96.3 Å². The molecule has 0 unspecified atom stereocenters. The first-order valence-corrected chi connectivity index (χ1v) is 4.80. The van der Waals surface area contributed by atoms with Crippen LogP contribution in [0, 0.1) is 0 Å². The van der Waals surface area contributed by atoms with Crippen molar-refractivity contribution in [3.05, 3.63) is 47.9 Å². The molecule has 17 heavy (non-hydrogen) atoms. The first kappa shape index (κ1) is 10.9. The third kappa shape index (κ3) is 2.49. The number of aromatic carboxylic acids is 1. The fourth-order valence-electron chi connectivity index (χ4n) is 1.29. The molecule has 3 N–H and O–H groups in total. The van der Waals surface area contributed by atoms with Gasteiger partial charge in [0.15, 0.2) is 0 Å². The number of nitrogens with one attached hydrogen (secondary N) is 2. The molecule has 0 fully saturated rings. The molecule has 0 aromatic carbocycles. The van der Waals surface area contributed by atoms with Crippen LogP contribution in [0.3, 0.4) is 0 Å². The molecule has 0 aliphatic carbocycles. The van der Waals surface area contributed by atoms with Gasteiger partial charge in [-0.05, 0) is 18.2 Å². The summed E-state index contributed by atoms with van der Waals surface area (Å²) in [6.07, 6.45) is 4.49. The van der Waals surface area contributed by atoms with Crippen LogP contribution >= 0.6 is 0 Å². The lowest BCUT2D eigenvalue weighted by Gasteiger charge is -2.03. The van der Waals surface area contributed by atoms with Crippen molar-refractivity contribution in [2.45, 2.75) is 0 Å². The zero-order valence-electron chi connectivity index (χ0n) is 8.68. The van der Waals surface area contributed by atoms with E-state index < -0.39 is 5.97 Å². The molecule has 0 saturated carbocycles. The predicted molar refractivity (Wildman–Crippen MR) is 59.9 cm³/mol. The van der Waals surface area contributed by atoms with Crippen molar-refractivity contribution in [3.63, 3.8) is 0 Å². The summed E-state index contributed by atoms with van der Waals surface area (Å²) >= 11 is 0. The van der Waals surface area contributed by atoms with E-state index in [1.807, 2.05) is 0 Å². The van der Waals surface area contributed by atoms with Crippen LogP contribution in [0.25, 0.3) is 0 Å². The Morgan fingerprint density at radius 2 is 2.12 bits per heavy atom. The zero-order chi connectivity index (χ0) is 12.3. The van der Waals surface area contributed by atoms with Gasteiger partial charge in [-0.3, -0.25) is 4.79 Å². The van der Waals surface area contributed by atoms with E-state index in [9.17, 15) is 9.59 Å². The lowest BCUT2D eigenvalue weighted by Crippen LogP contribution is -2.12. The van der Waals surface area contributed by atoms with Crippen LogP contribution in [0.1, 0.15) is 20.7 Å². The highest BCUT2D eigenvalue weighted by molar-refractivity contribution is 6.04. The van der Waals surface area contributed by atoms with E-state index in [0.29, 0.717) is 5.56 Å². The number of aromatic amines is 1. The number of hydrogen-bond acceptors (Lipinski definition) is 3. The van der Waals surface area contributed by atoms with Gasteiger partial charge >= 0.3 is 5.97 Å². The molecule has 0 bridgehead atoms. The van der Waals surface area contributed by atoms with Gasteiger partial charge in [0.05, 0.1) is 11.1 Å². The highest BCUT2D eigenvalue weighted by Crippen LogP contribution is 2.08. The van der Waals surface area contributed by atoms with Gasteiger partial charge in [-0.2, -0.15) is 0 Å². The lowest BCUT2D eigenvalue weighted by atomic mass is 10.2. The molecule has 2 heterocycles. The topological polar surface area (TPSA) is 95.1 Å². The normalized spacial score (nSPS) is 9.88. The molecule has 0 spiro atoms. The average Bonchev–Trinajstić information content (AvgIpc) is 2.82. The summed E-state index contributed by atoms with van der Waals surface area (Å²) in [6, 6.07) is 4.26. The van der Waals surface area contributed by atoms with Crippen molar-refractivity contribution in [2.75, 3.05) is 5.32 Å². The van der Waals surface area contributed by atoms with Crippen molar-refractivity contribution in [2.24, 2.45) is 0 Å². The van der Waals surface area contributed by atoms with Crippen LogP contribution in [0.15, 0.2) is 36.8 Å². The maximum atomic E-state index is 11.6. The number of hydrogen-bond donors (Lipinski definition) is 3. The SMILES string of the molecule is O=C(O)c1ccnc(NC(=O)c2cc[nH]c2)c1. The first-order valence-electron chi connectivity index (χ1n) is 4.80. The minimum atomic E-state index is -1.07. The van der Waals surface area contributed by atoms with Gasteiger partial charge < -0.3 is 15.4 Å². The number of carboxylic acids is 1. The number of H-pyrrole nitrogens is 1. The number of anilines is 1. The van der Waals surface area contributed by atoms with Crippen molar-refractivity contribution < 1.29 is 14.7 Å². The Morgan fingerprint density at radius 3 is 2.76 bits per heavy atom. The second-order valence-corrected chi connectivity index (χ2v) is 3.29. The Morgan fingerprint density at radius 1 is 1.29 bits per heavy atom. The molecule has 2 aromatic rings. The fourth-order valence-corrected chi connectivity index (χ4v) is 1.29. The van der Waals surface area contributed by atoms with Gasteiger partial charge in [-0.25, -0.2) is 9.78 Å². The minimum absolute atomic E-state index is 0.0735. The molecular weight excluding hydrogens is 222 g/mol. The van der Waals surface area contributed by atoms with Crippen molar-refractivity contribution in [1.29, 1.82) is 0 Å². The number of pyridine rings is 1. The summed E-state index contributed by atoms with van der Waals surface area (Å²) in [6.45, 7) is 0. The molecule has 2 rings (SSSR count). The van der Waals surface area contributed by atoms with Crippen LogP contribution in [-0.2, 0) is 0 Å². The second-order valence-electron chi connectivity index (χ2n) is 3.29. The number of rotatable bonds is 3. The minimum Gasteiger partial charge on any atom is -0.478 e. The molecule has 0 aliphatic rings. The van der Waals surface area contributed by atoms with Crippen LogP contribution in [-0.4, -0.2) is 27.0 Å². The lowest BCUT2D eigenvalue weighted by molar-refractivity contribution is 0.0696. The Kier molecular flexibility index (Phi) is 2.87. The van der Waals surface area contributed by atoms with Gasteiger partial charge in [-0.1, -0.05) is 0 Å². The fraction of sp³-hybridized carbons (Fsp3) is 0. The smallest absolute Gasteiger partial charge is 0.335 e. The number of carboxylic acid groups (broad SMARTS) is 1. The summed E-state index contributed by atoms with van der Waals surface area (Å²) in [4.78, 5) is 29.0. The molecule has 0 saturated heterocycles. The average molecular weight is 231 g/mol. The number of aromatic nitrogens is 2. The summed E-state index contributed by atoms with van der Waals surface area (Å²) in [5, 5.41) is 11.3. The van der Waals surface area contributed by atoms with Gasteiger partial charge in [0.25, 0.3) is 5.91 Å². The molecule has 6 nitrogen and oxygen atoms in total. The van der Waals surface area contributed by atoms with Crippen LogP contribution in [0.5, 0.6) is 0 Å². The predicted octanol–water partition coefficient (Wildman–Crippen LogP) is 1.36. The summed E-state index contributed by atoms with van der Waals surface area (Å²) in [5.41, 5.74) is 0.525. The highest BCUT2D eigenvalue weighted by Gasteiger charge is 2.09. The maximum Gasteiger partial charge on any atom is 0.335 e. The number of amides is 1. The molecule has 1 amide bonds. The van der Waals surface area contributed by atoms with E-state index in [1.165, 1.54) is 24.5 Å². The van der Waals surface area contributed by atoms with Crippen molar-refractivity contribution in [3.8, 4) is 0 Å². The maximum absolute atomic E-state index is 11.6. The van der Waals surface area contributed by atoms with E-state index in [-0.39, 0.29) is 17.3 Å². The summed E-state index contributed by atoms with van der Waals surface area (Å²) < 4.78 is 0. The highest BCUT2D eigenvalue weighted by atomic mass is 16.4. The number of nitrogens with zero attached hydrogens (tertiary/aromatic N) is 1. The van der Waals surface area contributed by atoms with E-state index in [0.717, 1.165) is 0 Å². The van der Waals surface area contributed by atoms with Gasteiger partial charge in [-0.15, -0.1) is 0 Å². The molecule has 0 aliphatic heterocycles. The third-order valence-corrected chi connectivity index (χ3v) is 2.11. The Hall–Kier alpha value is -2.63. The molecule has 86 valence electrons. The summed E-state index contributed by atoms with van der Waals surface area (Å²) in [7, 11) is 0. The van der Waals surface area contributed by atoms with E-state index in [4.69, 9.17) is 5.11 Å². The van der Waals surface area contributed by atoms with Gasteiger partial charge in [0, 0.05) is 18.6 Å². The largest absolute Gasteiger partial charge is 0.478 e.